The number of aliphatic hydroxyl groups excluding tert-OH is 4. The molecule has 57 heavy (non-hydrogen) atoms. The van der Waals surface area contributed by atoms with E-state index in [-0.39, 0.29) is 29.7 Å². The molecular weight excluding hydrogens is 728 g/mol. The van der Waals surface area contributed by atoms with Crippen LogP contribution in [-0.4, -0.2) is 86.5 Å². The van der Waals surface area contributed by atoms with E-state index in [4.69, 9.17) is 15.2 Å². The van der Waals surface area contributed by atoms with Crippen LogP contribution in [0, 0.1) is 17.8 Å². The maximum absolute atomic E-state index is 12.4. The van der Waals surface area contributed by atoms with Crippen molar-refractivity contribution in [3.8, 4) is 0 Å². The minimum absolute atomic E-state index is 0.116. The topological polar surface area (TPSA) is 209 Å². The van der Waals surface area contributed by atoms with Gasteiger partial charge in [0, 0.05) is 24.8 Å². The molecule has 12 nitrogen and oxygen atoms in total. The molecule has 1 rings (SSSR count). The van der Waals surface area contributed by atoms with Crippen LogP contribution < -0.4 is 11.1 Å². The molecule has 0 bridgehead atoms. The van der Waals surface area contributed by atoms with E-state index < -0.39 is 54.5 Å². The Morgan fingerprint density at radius 2 is 1.44 bits per heavy atom. The summed E-state index contributed by atoms with van der Waals surface area (Å²) >= 11 is 0. The fourth-order valence-electron chi connectivity index (χ4n) is 5.90. The van der Waals surface area contributed by atoms with Gasteiger partial charge in [0.15, 0.2) is 18.2 Å². The molecular formula is C45H68N2O10. The van der Waals surface area contributed by atoms with Crippen molar-refractivity contribution in [1.82, 2.24) is 5.32 Å². The van der Waals surface area contributed by atoms with E-state index in [1.165, 1.54) is 6.92 Å². The fraction of sp³-hybridized carbons (Fsp3) is 0.533. The predicted octanol–water partition coefficient (Wildman–Crippen LogP) is 6.59. The highest BCUT2D eigenvalue weighted by molar-refractivity contribution is 6.02. The molecule has 1 fully saturated rings. The first-order valence-corrected chi connectivity index (χ1v) is 19.9. The molecule has 1 heterocycles. The van der Waals surface area contributed by atoms with Crippen LogP contribution >= 0.6 is 0 Å². The Balaban J connectivity index is 2.99. The van der Waals surface area contributed by atoms with Crippen LogP contribution in [0.15, 0.2) is 108 Å². The van der Waals surface area contributed by atoms with Crippen molar-refractivity contribution in [2.45, 2.75) is 130 Å². The van der Waals surface area contributed by atoms with Crippen molar-refractivity contribution in [1.29, 1.82) is 0 Å². The number of allylic oxidation sites excluding steroid dienone is 15. The summed E-state index contributed by atoms with van der Waals surface area (Å²) < 4.78 is 11.7. The number of hydrogen-bond donors (Lipinski definition) is 7. The number of ketones is 1. The van der Waals surface area contributed by atoms with Gasteiger partial charge in [-0.1, -0.05) is 113 Å². The van der Waals surface area contributed by atoms with Crippen LogP contribution in [0.1, 0.15) is 93.4 Å². The lowest BCUT2D eigenvalue weighted by molar-refractivity contribution is -0.303. The third-order valence-corrected chi connectivity index (χ3v) is 9.31. The van der Waals surface area contributed by atoms with E-state index in [0.29, 0.717) is 18.0 Å². The molecule has 0 spiro atoms. The number of unbranched alkanes of at least 4 members (excludes halogenated alkanes) is 2. The summed E-state index contributed by atoms with van der Waals surface area (Å²) in [5, 5.41) is 53.2. The van der Waals surface area contributed by atoms with E-state index in [0.717, 1.165) is 44.1 Å². The molecule has 1 aliphatic rings. The van der Waals surface area contributed by atoms with Crippen molar-refractivity contribution in [2.75, 3.05) is 6.54 Å². The van der Waals surface area contributed by atoms with Gasteiger partial charge in [0.05, 0.1) is 6.10 Å². The molecule has 0 aromatic rings. The largest absolute Gasteiger partial charge is 0.510 e. The molecule has 0 aliphatic carbocycles. The molecule has 0 aromatic carbocycles. The van der Waals surface area contributed by atoms with E-state index in [1.54, 1.807) is 50.3 Å². The number of amides is 1. The van der Waals surface area contributed by atoms with Crippen molar-refractivity contribution >= 4 is 17.7 Å². The number of aliphatic carboxylic acids is 1. The molecule has 9 atom stereocenters. The molecule has 8 N–H and O–H groups in total. The lowest BCUT2D eigenvalue weighted by Gasteiger charge is -2.40. The molecule has 12 heteroatoms. The highest BCUT2D eigenvalue weighted by Crippen LogP contribution is 2.29. The number of carbonyl (C=O) groups is 3. The minimum Gasteiger partial charge on any atom is -0.510 e. The van der Waals surface area contributed by atoms with Gasteiger partial charge in [-0.25, -0.2) is 4.79 Å². The van der Waals surface area contributed by atoms with Gasteiger partial charge in [-0.15, -0.1) is 0 Å². The summed E-state index contributed by atoms with van der Waals surface area (Å²) in [6.45, 7) is 13.4. The first-order chi connectivity index (χ1) is 27.0. The zero-order valence-corrected chi connectivity index (χ0v) is 34.8. The Labute approximate surface area is 339 Å². The number of Topliss-reactive ketones (excluding diaryl/α,β-unsaturated/α-hetero) is 1. The van der Waals surface area contributed by atoms with Crippen molar-refractivity contribution in [3.05, 3.63) is 108 Å². The van der Waals surface area contributed by atoms with Crippen LogP contribution in [0.5, 0.6) is 0 Å². The molecule has 9 unspecified atom stereocenters. The normalized spacial score (nSPS) is 23.9. The van der Waals surface area contributed by atoms with Gasteiger partial charge in [-0.2, -0.15) is 0 Å². The van der Waals surface area contributed by atoms with E-state index >= 15 is 0 Å². The zero-order chi connectivity index (χ0) is 42.9. The Morgan fingerprint density at radius 3 is 2.05 bits per heavy atom. The monoisotopic (exact) mass is 796 g/mol. The quantitative estimate of drug-likeness (QED) is 0.0172. The van der Waals surface area contributed by atoms with Gasteiger partial charge < -0.3 is 46.1 Å². The van der Waals surface area contributed by atoms with Gasteiger partial charge in [-0.05, 0) is 76.3 Å². The van der Waals surface area contributed by atoms with Crippen LogP contribution in [0.3, 0.4) is 0 Å². The number of carboxylic acids is 1. The zero-order valence-electron chi connectivity index (χ0n) is 34.8. The summed E-state index contributed by atoms with van der Waals surface area (Å²) in [4.78, 5) is 35.9. The highest BCUT2D eigenvalue weighted by atomic mass is 16.7. The summed E-state index contributed by atoms with van der Waals surface area (Å²) in [5.74, 6) is -2.23. The van der Waals surface area contributed by atoms with Crippen molar-refractivity contribution < 1.29 is 49.4 Å². The average Bonchev–Trinajstić information content (AvgIpc) is 3.16. The summed E-state index contributed by atoms with van der Waals surface area (Å²) in [7, 11) is 0. The number of hydrogen-bond acceptors (Lipinski definition) is 10. The fourth-order valence-corrected chi connectivity index (χ4v) is 5.90. The van der Waals surface area contributed by atoms with E-state index in [9.17, 15) is 39.9 Å². The Kier molecular flexibility index (Phi) is 25.2. The third-order valence-electron chi connectivity index (χ3n) is 9.31. The Bertz CT molecular complexity index is 1540. The second kappa shape index (κ2) is 28.3. The summed E-state index contributed by atoms with van der Waals surface area (Å²) in [6.07, 6.45) is 23.7. The highest BCUT2D eigenvalue weighted by Gasteiger charge is 2.48. The lowest BCUT2D eigenvalue weighted by Crippen LogP contribution is -2.61. The molecule has 1 amide bonds. The maximum atomic E-state index is 12.4. The molecule has 0 aromatic heterocycles. The average molecular weight is 797 g/mol. The van der Waals surface area contributed by atoms with Crippen LogP contribution in [0.25, 0.3) is 0 Å². The molecule has 318 valence electrons. The van der Waals surface area contributed by atoms with Gasteiger partial charge in [0.2, 0.25) is 0 Å². The molecule has 1 saturated heterocycles. The molecule has 1 aliphatic heterocycles. The smallest absolute Gasteiger partial charge is 0.335 e. The molecule has 0 saturated carbocycles. The SMILES string of the molecule is CC/C(O)=C(/NC(=O)/C(C)=C/C=C/C=C/C=C/C=C/C(C)C(OC1OC(C(=O)O)C(O)C(O)C1O)/C(C)=C/C(C)CCC/C=C/C(C)C/C=C/CCCN)C(C)=O. The first kappa shape index (κ1) is 50.8. The van der Waals surface area contributed by atoms with Crippen molar-refractivity contribution in [3.63, 3.8) is 0 Å². The second-order valence-electron chi connectivity index (χ2n) is 14.6. The van der Waals surface area contributed by atoms with Crippen LogP contribution in [0.2, 0.25) is 0 Å². The number of carboxylic acid groups (broad SMARTS) is 1. The van der Waals surface area contributed by atoms with Crippen LogP contribution in [-0.2, 0) is 23.9 Å². The van der Waals surface area contributed by atoms with Gasteiger partial charge in [0.25, 0.3) is 5.91 Å². The number of rotatable bonds is 25. The first-order valence-electron chi connectivity index (χ1n) is 19.9. The number of carbonyl (C=O) groups excluding carboxylic acids is 2. The van der Waals surface area contributed by atoms with Gasteiger partial charge in [0.1, 0.15) is 29.8 Å². The number of aliphatic hydroxyl groups is 4. The van der Waals surface area contributed by atoms with Crippen molar-refractivity contribution in [2.24, 2.45) is 23.5 Å². The third kappa shape index (κ3) is 19.7. The lowest BCUT2D eigenvalue weighted by atomic mass is 9.92. The molecule has 0 radical (unpaired) electrons. The van der Waals surface area contributed by atoms with E-state index in [2.05, 4.69) is 49.5 Å². The summed E-state index contributed by atoms with van der Waals surface area (Å²) in [6, 6.07) is 0. The Hall–Kier alpha value is -4.17. The number of ether oxygens (including phenoxy) is 2. The standard InChI is InChI=1S/C45H68N2O10/c1-8-36(49)37(35(7)48)47-43(53)33(5)27-21-13-11-9-10-12-20-26-32(4)41(56-45-40(52)38(50)39(51)42(57-45)44(54)55)34(6)29-31(3)25-19-16-18-24-30(2)23-17-14-15-22-28-46/h9-14,17-18,20-21,24,26-27,29-32,38-42,45,49-52H,8,15-16,19,22-23,25,28,46H2,1-7H3,(H,47,53)(H,54,55)/b11-9+,12-10+,17-14+,21-13+,24-18+,26-20+,33-27+,34-29+,37-36-. The van der Waals surface area contributed by atoms with Crippen LogP contribution in [0.4, 0.5) is 0 Å². The summed E-state index contributed by atoms with van der Waals surface area (Å²) in [5.41, 5.74) is 6.62. The predicted molar refractivity (Wildman–Crippen MR) is 225 cm³/mol. The van der Waals surface area contributed by atoms with Gasteiger partial charge in [-0.3, -0.25) is 9.59 Å². The van der Waals surface area contributed by atoms with Gasteiger partial charge >= 0.3 is 5.97 Å². The Morgan fingerprint density at radius 1 is 0.807 bits per heavy atom. The maximum Gasteiger partial charge on any atom is 0.335 e. The van der Waals surface area contributed by atoms with E-state index in [1.807, 2.05) is 32.1 Å². The number of nitrogens with two attached hydrogens (primary N) is 1. The minimum atomic E-state index is -1.82. The second-order valence-corrected chi connectivity index (χ2v) is 14.6. The number of nitrogens with one attached hydrogen (secondary N) is 1.